The van der Waals surface area contributed by atoms with Crippen LogP contribution >= 0.6 is 0 Å². The monoisotopic (exact) mass is 396 g/mol. The maximum Gasteiger partial charge on any atom is 0.273 e. The van der Waals surface area contributed by atoms with Crippen molar-refractivity contribution < 1.29 is 14.1 Å². The number of nitrogens with two attached hydrogens (primary N) is 1. The van der Waals surface area contributed by atoms with Crippen LogP contribution < -0.4 is 11.1 Å². The molecule has 1 aromatic carbocycles. The molecule has 2 heterocycles. The van der Waals surface area contributed by atoms with E-state index in [0.29, 0.717) is 24.7 Å². The van der Waals surface area contributed by atoms with Crippen LogP contribution in [0.5, 0.6) is 0 Å². The zero-order valence-electron chi connectivity index (χ0n) is 16.7. The molecule has 0 radical (unpaired) electrons. The lowest BCUT2D eigenvalue weighted by molar-refractivity contribution is -0.133. The SMILES string of the molecule is C[C@H](N)C(=O)N1CCC([C@@H](NC(=O)c2cc(C3CC3)on2)c2ccccc2)CC1. The summed E-state index contributed by atoms with van der Waals surface area (Å²) >= 11 is 0. The molecule has 29 heavy (non-hydrogen) atoms. The van der Waals surface area contributed by atoms with Gasteiger partial charge in [-0.25, -0.2) is 0 Å². The van der Waals surface area contributed by atoms with Crippen molar-refractivity contribution in [2.24, 2.45) is 11.7 Å². The average molecular weight is 396 g/mol. The second-order valence-electron chi connectivity index (χ2n) is 8.20. The molecule has 154 valence electrons. The third kappa shape index (κ3) is 4.50. The minimum Gasteiger partial charge on any atom is -0.360 e. The van der Waals surface area contributed by atoms with Gasteiger partial charge in [-0.15, -0.1) is 0 Å². The maximum atomic E-state index is 12.9. The lowest BCUT2D eigenvalue weighted by atomic mass is 9.85. The third-order valence-electron chi connectivity index (χ3n) is 5.90. The Kier molecular flexibility index (Phi) is 5.67. The van der Waals surface area contributed by atoms with E-state index in [0.717, 1.165) is 37.0 Å². The van der Waals surface area contributed by atoms with Gasteiger partial charge in [-0.05, 0) is 44.1 Å². The summed E-state index contributed by atoms with van der Waals surface area (Å²) in [7, 11) is 0. The minimum atomic E-state index is -0.482. The van der Waals surface area contributed by atoms with Crippen molar-refractivity contribution in [3.05, 3.63) is 53.4 Å². The Morgan fingerprint density at radius 1 is 1.17 bits per heavy atom. The highest BCUT2D eigenvalue weighted by Gasteiger charge is 2.33. The van der Waals surface area contributed by atoms with E-state index in [4.69, 9.17) is 10.3 Å². The number of nitrogens with zero attached hydrogens (tertiary/aromatic N) is 2. The van der Waals surface area contributed by atoms with Crippen LogP contribution in [0.1, 0.15) is 66.4 Å². The zero-order valence-corrected chi connectivity index (χ0v) is 16.7. The van der Waals surface area contributed by atoms with Crippen LogP contribution in [0.4, 0.5) is 0 Å². The van der Waals surface area contributed by atoms with E-state index >= 15 is 0 Å². The molecule has 2 atom stereocenters. The van der Waals surface area contributed by atoms with E-state index in [2.05, 4.69) is 10.5 Å². The molecular formula is C22H28N4O3. The van der Waals surface area contributed by atoms with Crippen LogP contribution in [0.2, 0.25) is 0 Å². The van der Waals surface area contributed by atoms with Crippen molar-refractivity contribution in [2.45, 2.75) is 50.6 Å². The highest BCUT2D eigenvalue weighted by molar-refractivity contribution is 5.92. The molecule has 0 unspecified atom stereocenters. The Balaban J connectivity index is 1.47. The molecule has 3 N–H and O–H groups in total. The minimum absolute atomic E-state index is 0.0149. The molecule has 1 saturated heterocycles. The first-order chi connectivity index (χ1) is 14.0. The number of aromatic nitrogens is 1. The van der Waals surface area contributed by atoms with Gasteiger partial charge in [0.15, 0.2) is 5.69 Å². The number of hydrogen-bond donors (Lipinski definition) is 2. The number of carbonyl (C=O) groups excluding carboxylic acids is 2. The highest BCUT2D eigenvalue weighted by Crippen LogP contribution is 2.40. The molecule has 2 aliphatic rings. The van der Waals surface area contributed by atoms with Crippen LogP contribution in [0.25, 0.3) is 0 Å². The summed E-state index contributed by atoms with van der Waals surface area (Å²) in [6.07, 6.45) is 3.82. The largest absolute Gasteiger partial charge is 0.360 e. The molecule has 7 nitrogen and oxygen atoms in total. The highest BCUT2D eigenvalue weighted by atomic mass is 16.5. The average Bonchev–Trinajstić information content (AvgIpc) is 3.48. The second-order valence-corrected chi connectivity index (χ2v) is 8.20. The fourth-order valence-electron chi connectivity index (χ4n) is 4.05. The fourth-order valence-corrected chi connectivity index (χ4v) is 4.05. The molecule has 2 fully saturated rings. The molecule has 0 spiro atoms. The van der Waals surface area contributed by atoms with Gasteiger partial charge in [0.05, 0.1) is 12.1 Å². The molecule has 1 aliphatic carbocycles. The van der Waals surface area contributed by atoms with Crippen LogP contribution in [0, 0.1) is 5.92 Å². The summed E-state index contributed by atoms with van der Waals surface area (Å²) in [6, 6.07) is 11.1. The van der Waals surface area contributed by atoms with Gasteiger partial charge in [0.1, 0.15) is 5.76 Å². The lowest BCUT2D eigenvalue weighted by Gasteiger charge is -2.37. The second kappa shape index (κ2) is 8.37. The Morgan fingerprint density at radius 2 is 1.86 bits per heavy atom. The predicted molar refractivity (Wildman–Crippen MR) is 108 cm³/mol. The summed E-state index contributed by atoms with van der Waals surface area (Å²) < 4.78 is 5.34. The Labute approximate surface area is 170 Å². The summed E-state index contributed by atoms with van der Waals surface area (Å²) in [4.78, 5) is 26.9. The van der Waals surface area contributed by atoms with Gasteiger partial charge < -0.3 is 20.5 Å². The first-order valence-corrected chi connectivity index (χ1v) is 10.4. The molecule has 2 aromatic rings. The summed E-state index contributed by atoms with van der Waals surface area (Å²) in [5.41, 5.74) is 7.14. The van der Waals surface area contributed by atoms with Gasteiger partial charge in [-0.3, -0.25) is 9.59 Å². The predicted octanol–water partition coefficient (Wildman–Crippen LogP) is 2.61. The number of benzene rings is 1. The van der Waals surface area contributed by atoms with Crippen molar-refractivity contribution >= 4 is 11.8 Å². The van der Waals surface area contributed by atoms with Crippen LogP contribution in [-0.2, 0) is 4.79 Å². The van der Waals surface area contributed by atoms with Gasteiger partial charge in [-0.1, -0.05) is 35.5 Å². The first-order valence-electron chi connectivity index (χ1n) is 10.4. The molecule has 1 saturated carbocycles. The van der Waals surface area contributed by atoms with Gasteiger partial charge >= 0.3 is 0 Å². The van der Waals surface area contributed by atoms with E-state index in [1.54, 1.807) is 13.0 Å². The van der Waals surface area contributed by atoms with Gasteiger partial charge in [0.25, 0.3) is 5.91 Å². The Bertz CT molecular complexity index is 852. The number of likely N-dealkylation sites (tertiary alicyclic amines) is 1. The van der Waals surface area contributed by atoms with Gasteiger partial charge in [0, 0.05) is 25.1 Å². The van der Waals surface area contributed by atoms with Crippen molar-refractivity contribution in [1.29, 1.82) is 0 Å². The summed E-state index contributed by atoms with van der Waals surface area (Å²) in [5.74, 6) is 1.21. The van der Waals surface area contributed by atoms with E-state index in [1.165, 1.54) is 0 Å². The van der Waals surface area contributed by atoms with E-state index in [1.807, 2.05) is 35.2 Å². The normalized spacial score (nSPS) is 19.6. The van der Waals surface area contributed by atoms with E-state index < -0.39 is 6.04 Å². The van der Waals surface area contributed by atoms with Crippen LogP contribution in [0.15, 0.2) is 40.9 Å². The van der Waals surface area contributed by atoms with Gasteiger partial charge in [0.2, 0.25) is 5.91 Å². The quantitative estimate of drug-likeness (QED) is 0.782. The molecule has 1 aromatic heterocycles. The number of piperidine rings is 1. The van der Waals surface area contributed by atoms with Crippen molar-refractivity contribution in [3.8, 4) is 0 Å². The van der Waals surface area contributed by atoms with Crippen LogP contribution in [0.3, 0.4) is 0 Å². The number of carbonyl (C=O) groups is 2. The van der Waals surface area contributed by atoms with Crippen molar-refractivity contribution in [3.63, 3.8) is 0 Å². The van der Waals surface area contributed by atoms with Crippen molar-refractivity contribution in [1.82, 2.24) is 15.4 Å². The molecular weight excluding hydrogens is 368 g/mol. The van der Waals surface area contributed by atoms with E-state index in [-0.39, 0.29) is 23.8 Å². The topological polar surface area (TPSA) is 101 Å². The molecule has 1 aliphatic heterocycles. The van der Waals surface area contributed by atoms with Crippen LogP contribution in [-0.4, -0.2) is 41.0 Å². The summed E-state index contributed by atoms with van der Waals surface area (Å²) in [5, 5.41) is 7.14. The number of hydrogen-bond acceptors (Lipinski definition) is 5. The molecule has 7 heteroatoms. The maximum absolute atomic E-state index is 12.9. The Morgan fingerprint density at radius 3 is 2.48 bits per heavy atom. The fraction of sp³-hybridized carbons (Fsp3) is 0.500. The standard InChI is InChI=1S/C22H28N4O3/c1-14(23)22(28)26-11-9-17(10-12-26)20(16-5-3-2-4-6-16)24-21(27)18-13-19(29-25-18)15-7-8-15/h2-6,13-15,17,20H,7-12,23H2,1H3,(H,24,27)/t14-,20-/m0/s1. The third-order valence-corrected chi connectivity index (χ3v) is 5.90. The molecule has 2 amide bonds. The smallest absolute Gasteiger partial charge is 0.273 e. The number of amides is 2. The van der Waals surface area contributed by atoms with E-state index in [9.17, 15) is 9.59 Å². The molecule has 4 rings (SSSR count). The van der Waals surface area contributed by atoms with Gasteiger partial charge in [-0.2, -0.15) is 0 Å². The number of rotatable bonds is 6. The number of nitrogens with one attached hydrogen (secondary N) is 1. The zero-order chi connectivity index (χ0) is 20.4. The first kappa shape index (κ1) is 19.6. The Hall–Kier alpha value is -2.67. The molecule has 0 bridgehead atoms. The summed E-state index contributed by atoms with van der Waals surface area (Å²) in [6.45, 7) is 3.02. The lowest BCUT2D eigenvalue weighted by Crippen LogP contribution is -2.47. The van der Waals surface area contributed by atoms with Crippen molar-refractivity contribution in [2.75, 3.05) is 13.1 Å².